The van der Waals surface area contributed by atoms with Crippen molar-refractivity contribution in [1.29, 1.82) is 0 Å². The molecule has 0 saturated heterocycles. The number of rotatable bonds is 7. The number of para-hydroxylation sites is 1. The number of hydrogen-bond acceptors (Lipinski definition) is 3. The molecule has 0 aromatic heterocycles. The van der Waals surface area contributed by atoms with E-state index >= 15 is 0 Å². The fourth-order valence-electron chi connectivity index (χ4n) is 2.46. The number of benzene rings is 1. The second-order valence-corrected chi connectivity index (χ2v) is 4.74. The van der Waals surface area contributed by atoms with E-state index in [9.17, 15) is 9.90 Å². The number of aliphatic carboxylic acids is 1. The van der Waals surface area contributed by atoms with Gasteiger partial charge in [-0.25, -0.2) is 0 Å². The van der Waals surface area contributed by atoms with Crippen LogP contribution in [-0.2, 0) is 11.2 Å². The first-order chi connectivity index (χ1) is 8.99. The van der Waals surface area contributed by atoms with Crippen molar-refractivity contribution in [3.05, 3.63) is 29.8 Å². The quantitative estimate of drug-likeness (QED) is 0.822. The minimum atomic E-state index is -0.919. The van der Waals surface area contributed by atoms with Crippen molar-refractivity contribution >= 4 is 5.97 Å². The van der Waals surface area contributed by atoms with Crippen LogP contribution in [0.5, 0.6) is 5.75 Å². The Morgan fingerprint density at radius 3 is 2.37 bits per heavy atom. The van der Waals surface area contributed by atoms with Crippen LogP contribution in [0.4, 0.5) is 0 Å². The predicted octanol–water partition coefficient (Wildman–Crippen LogP) is 2.42. The molecule has 1 N–H and O–H groups in total. The molecule has 0 amide bonds. The summed E-state index contributed by atoms with van der Waals surface area (Å²) in [6.07, 6.45) is 0.425. The van der Waals surface area contributed by atoms with E-state index in [1.807, 2.05) is 43.0 Å². The minimum Gasteiger partial charge on any atom is -0.496 e. The molecule has 106 valence electrons. The third-order valence-electron chi connectivity index (χ3n) is 3.65. The van der Waals surface area contributed by atoms with Crippen molar-refractivity contribution in [3.8, 4) is 5.75 Å². The molecule has 0 aliphatic rings. The van der Waals surface area contributed by atoms with E-state index in [1.54, 1.807) is 14.0 Å². The van der Waals surface area contributed by atoms with E-state index in [0.29, 0.717) is 19.5 Å². The highest BCUT2D eigenvalue weighted by atomic mass is 16.5. The lowest BCUT2D eigenvalue weighted by molar-refractivity contribution is -0.150. The number of carboxylic acids is 1. The van der Waals surface area contributed by atoms with E-state index in [1.165, 1.54) is 0 Å². The third-order valence-corrected chi connectivity index (χ3v) is 3.65. The number of methoxy groups -OCH3 is 1. The lowest BCUT2D eigenvalue weighted by Gasteiger charge is -2.37. The van der Waals surface area contributed by atoms with Crippen molar-refractivity contribution in [1.82, 2.24) is 4.90 Å². The molecule has 4 heteroatoms. The molecule has 0 bridgehead atoms. The summed E-state index contributed by atoms with van der Waals surface area (Å²) < 4.78 is 5.31. The van der Waals surface area contributed by atoms with Crippen molar-refractivity contribution in [2.45, 2.75) is 32.7 Å². The first-order valence-electron chi connectivity index (χ1n) is 6.59. The average Bonchev–Trinajstić information content (AvgIpc) is 2.40. The van der Waals surface area contributed by atoms with Crippen LogP contribution in [0, 0.1) is 0 Å². The molecule has 0 fully saturated rings. The Bertz CT molecular complexity index is 429. The van der Waals surface area contributed by atoms with E-state index in [-0.39, 0.29) is 0 Å². The number of nitrogens with zero attached hydrogens (tertiary/aromatic N) is 1. The van der Waals surface area contributed by atoms with Crippen LogP contribution in [0.2, 0.25) is 0 Å². The molecule has 4 nitrogen and oxygen atoms in total. The van der Waals surface area contributed by atoms with Gasteiger partial charge in [-0.05, 0) is 31.6 Å². The Morgan fingerprint density at radius 1 is 1.32 bits per heavy atom. The molecule has 0 saturated carbocycles. The summed E-state index contributed by atoms with van der Waals surface area (Å²) >= 11 is 0. The smallest absolute Gasteiger partial charge is 0.324 e. The summed E-state index contributed by atoms with van der Waals surface area (Å²) in [6, 6.07) is 7.57. The minimum absolute atomic E-state index is 0.425. The molecule has 0 aliphatic heterocycles. The number of ether oxygens (including phenoxy) is 1. The monoisotopic (exact) mass is 265 g/mol. The van der Waals surface area contributed by atoms with Gasteiger partial charge in [0.05, 0.1) is 7.11 Å². The van der Waals surface area contributed by atoms with Gasteiger partial charge >= 0.3 is 5.97 Å². The highest BCUT2D eigenvalue weighted by molar-refractivity contribution is 5.79. The van der Waals surface area contributed by atoms with Gasteiger partial charge < -0.3 is 9.84 Å². The van der Waals surface area contributed by atoms with Crippen LogP contribution in [0.3, 0.4) is 0 Å². The molecule has 1 aromatic carbocycles. The topological polar surface area (TPSA) is 49.8 Å². The second kappa shape index (κ2) is 6.57. The van der Waals surface area contributed by atoms with Crippen molar-refractivity contribution in [2.75, 3.05) is 20.2 Å². The van der Waals surface area contributed by atoms with Gasteiger partial charge in [0.15, 0.2) is 0 Å². The van der Waals surface area contributed by atoms with Crippen LogP contribution in [0.15, 0.2) is 24.3 Å². The summed E-state index contributed by atoms with van der Waals surface area (Å²) in [5, 5.41) is 9.61. The van der Waals surface area contributed by atoms with Crippen LogP contribution >= 0.6 is 0 Å². The summed E-state index contributed by atoms with van der Waals surface area (Å²) in [7, 11) is 1.61. The van der Waals surface area contributed by atoms with Gasteiger partial charge in [0.2, 0.25) is 0 Å². The van der Waals surface area contributed by atoms with Gasteiger partial charge in [-0.15, -0.1) is 0 Å². The Morgan fingerprint density at radius 2 is 1.89 bits per heavy atom. The standard InChI is InChI=1S/C15H23NO3/c1-5-16(6-2)15(3,14(17)18)11-12-9-7-8-10-13(12)19-4/h7-10H,5-6,11H2,1-4H3,(H,17,18). The van der Waals surface area contributed by atoms with Crippen molar-refractivity contribution in [2.24, 2.45) is 0 Å². The van der Waals surface area contributed by atoms with Gasteiger partial charge in [-0.3, -0.25) is 9.69 Å². The molecule has 1 atom stereocenters. The maximum Gasteiger partial charge on any atom is 0.324 e. The van der Waals surface area contributed by atoms with E-state index in [2.05, 4.69) is 0 Å². The van der Waals surface area contributed by atoms with Crippen molar-refractivity contribution in [3.63, 3.8) is 0 Å². The number of carboxylic acid groups (broad SMARTS) is 1. The fraction of sp³-hybridized carbons (Fsp3) is 0.533. The molecular formula is C15H23NO3. The average molecular weight is 265 g/mol. The van der Waals surface area contributed by atoms with E-state index < -0.39 is 11.5 Å². The Balaban J connectivity index is 3.11. The number of likely N-dealkylation sites (N-methyl/N-ethyl adjacent to an activating group) is 1. The normalized spacial score (nSPS) is 14.2. The van der Waals surface area contributed by atoms with Gasteiger partial charge in [0.25, 0.3) is 0 Å². The number of hydrogen-bond donors (Lipinski definition) is 1. The zero-order valence-electron chi connectivity index (χ0n) is 12.1. The fourth-order valence-corrected chi connectivity index (χ4v) is 2.46. The highest BCUT2D eigenvalue weighted by Gasteiger charge is 2.38. The maximum absolute atomic E-state index is 11.7. The Hall–Kier alpha value is -1.55. The maximum atomic E-state index is 11.7. The van der Waals surface area contributed by atoms with Gasteiger partial charge in [0.1, 0.15) is 11.3 Å². The summed E-state index contributed by atoms with van der Waals surface area (Å²) in [5.74, 6) is -0.0655. The number of carbonyl (C=O) groups is 1. The molecular weight excluding hydrogens is 242 g/mol. The predicted molar refractivity (Wildman–Crippen MR) is 75.7 cm³/mol. The zero-order chi connectivity index (χ0) is 14.5. The molecule has 0 aliphatic carbocycles. The third kappa shape index (κ3) is 3.26. The van der Waals surface area contributed by atoms with Gasteiger partial charge in [-0.2, -0.15) is 0 Å². The van der Waals surface area contributed by atoms with Crippen molar-refractivity contribution < 1.29 is 14.6 Å². The van der Waals surface area contributed by atoms with Crippen LogP contribution in [0.1, 0.15) is 26.3 Å². The molecule has 0 heterocycles. The lowest BCUT2D eigenvalue weighted by atomic mass is 9.90. The first-order valence-corrected chi connectivity index (χ1v) is 6.59. The molecule has 19 heavy (non-hydrogen) atoms. The summed E-state index contributed by atoms with van der Waals surface area (Å²) in [4.78, 5) is 13.7. The first kappa shape index (κ1) is 15.5. The van der Waals surface area contributed by atoms with E-state index in [0.717, 1.165) is 11.3 Å². The van der Waals surface area contributed by atoms with Crippen LogP contribution in [0.25, 0.3) is 0 Å². The summed E-state index contributed by atoms with van der Waals surface area (Å²) in [5.41, 5.74) is -0.000185. The Labute approximate surface area is 115 Å². The molecule has 0 spiro atoms. The second-order valence-electron chi connectivity index (χ2n) is 4.74. The van der Waals surface area contributed by atoms with Gasteiger partial charge in [-0.1, -0.05) is 32.0 Å². The molecule has 1 unspecified atom stereocenters. The SMILES string of the molecule is CCN(CC)C(C)(Cc1ccccc1OC)C(=O)O. The lowest BCUT2D eigenvalue weighted by Crippen LogP contribution is -2.53. The Kier molecular flexibility index (Phi) is 5.36. The zero-order valence-corrected chi connectivity index (χ0v) is 12.1. The van der Waals surface area contributed by atoms with Crippen LogP contribution < -0.4 is 4.74 Å². The highest BCUT2D eigenvalue weighted by Crippen LogP contribution is 2.27. The van der Waals surface area contributed by atoms with Crippen LogP contribution in [-0.4, -0.2) is 41.7 Å². The molecule has 1 aromatic rings. The molecule has 1 rings (SSSR count). The van der Waals surface area contributed by atoms with E-state index in [4.69, 9.17) is 4.74 Å². The van der Waals surface area contributed by atoms with Gasteiger partial charge in [0, 0.05) is 6.42 Å². The molecule has 0 radical (unpaired) electrons. The largest absolute Gasteiger partial charge is 0.496 e. The summed E-state index contributed by atoms with van der Waals surface area (Å²) in [6.45, 7) is 7.14.